The Labute approximate surface area is 172 Å². The Morgan fingerprint density at radius 3 is 2.62 bits per heavy atom. The van der Waals surface area contributed by atoms with Crippen LogP contribution in [0.5, 0.6) is 5.75 Å². The Balaban J connectivity index is 1.61. The van der Waals surface area contributed by atoms with Crippen LogP contribution in [0.2, 0.25) is 0 Å². The van der Waals surface area contributed by atoms with Crippen LogP contribution in [-0.4, -0.2) is 45.1 Å². The van der Waals surface area contributed by atoms with Gasteiger partial charge in [-0.2, -0.15) is 0 Å². The van der Waals surface area contributed by atoms with Crippen LogP contribution in [0.1, 0.15) is 25.0 Å². The van der Waals surface area contributed by atoms with Crippen molar-refractivity contribution in [3.63, 3.8) is 0 Å². The molecule has 1 aliphatic rings. The Kier molecular flexibility index (Phi) is 6.76. The molecule has 156 valence electrons. The van der Waals surface area contributed by atoms with Crippen LogP contribution in [0.4, 0.5) is 4.79 Å². The number of hydrogen-bond donors (Lipinski definition) is 2. The number of nitrogens with one attached hydrogen (secondary N) is 2. The number of sulfonamides is 1. The average molecular weight is 418 g/mol. The summed E-state index contributed by atoms with van der Waals surface area (Å²) in [4.78, 5) is 14.2. The maximum absolute atomic E-state index is 12.6. The first-order chi connectivity index (χ1) is 13.8. The molecule has 0 saturated carbocycles. The lowest BCUT2D eigenvalue weighted by Gasteiger charge is -2.30. The maximum Gasteiger partial charge on any atom is 0.317 e. The fourth-order valence-electron chi connectivity index (χ4n) is 3.16. The van der Waals surface area contributed by atoms with E-state index < -0.39 is 10.0 Å². The topological polar surface area (TPSA) is 87.7 Å². The normalized spacial score (nSPS) is 13.8. The number of carbonyl (C=O) groups excluding carboxylic acids is 1. The second-order valence-electron chi connectivity index (χ2n) is 7.27. The van der Waals surface area contributed by atoms with Crippen LogP contribution in [-0.2, 0) is 23.0 Å². The average Bonchev–Trinajstić information content (AvgIpc) is 2.70. The number of fused-ring (bicyclic) bond motifs is 1. The molecule has 0 aliphatic carbocycles. The Morgan fingerprint density at radius 2 is 1.90 bits per heavy atom. The number of rotatable bonds is 7. The van der Waals surface area contributed by atoms with Gasteiger partial charge in [-0.3, -0.25) is 0 Å². The van der Waals surface area contributed by atoms with Gasteiger partial charge in [0.1, 0.15) is 12.4 Å². The van der Waals surface area contributed by atoms with Gasteiger partial charge in [0, 0.05) is 25.7 Å². The molecule has 0 bridgehead atoms. The van der Waals surface area contributed by atoms with Crippen molar-refractivity contribution >= 4 is 16.1 Å². The van der Waals surface area contributed by atoms with Crippen LogP contribution < -0.4 is 14.8 Å². The van der Waals surface area contributed by atoms with Gasteiger partial charge in [0.25, 0.3) is 0 Å². The first-order valence-electron chi connectivity index (χ1n) is 9.70. The fraction of sp³-hybridized carbons (Fsp3) is 0.381. The summed E-state index contributed by atoms with van der Waals surface area (Å²) >= 11 is 0. The molecule has 2 aromatic carbocycles. The molecule has 0 fully saturated rings. The highest BCUT2D eigenvalue weighted by atomic mass is 32.2. The molecule has 0 spiro atoms. The minimum atomic E-state index is -3.65. The van der Waals surface area contributed by atoms with E-state index in [0.717, 1.165) is 11.1 Å². The number of carbonyl (C=O) groups is 1. The number of amides is 2. The van der Waals surface area contributed by atoms with Crippen LogP contribution in [0.3, 0.4) is 0 Å². The highest BCUT2D eigenvalue weighted by molar-refractivity contribution is 7.89. The van der Waals surface area contributed by atoms with E-state index in [2.05, 4.69) is 10.0 Å². The van der Waals surface area contributed by atoms with Crippen molar-refractivity contribution in [1.82, 2.24) is 14.9 Å². The summed E-state index contributed by atoms with van der Waals surface area (Å²) in [5, 5.41) is 2.88. The molecule has 0 aromatic heterocycles. The van der Waals surface area contributed by atoms with Crippen LogP contribution >= 0.6 is 0 Å². The highest BCUT2D eigenvalue weighted by Crippen LogP contribution is 2.22. The molecule has 1 heterocycles. The van der Waals surface area contributed by atoms with Crippen molar-refractivity contribution in [3.8, 4) is 5.75 Å². The molecule has 0 radical (unpaired) electrons. The van der Waals surface area contributed by atoms with Gasteiger partial charge in [-0.05, 0) is 55.7 Å². The Bertz CT molecular complexity index is 946. The van der Waals surface area contributed by atoms with E-state index in [1.165, 1.54) is 0 Å². The van der Waals surface area contributed by atoms with E-state index in [0.29, 0.717) is 25.3 Å². The van der Waals surface area contributed by atoms with Crippen molar-refractivity contribution in [2.75, 3.05) is 19.7 Å². The number of urea groups is 1. The fourth-order valence-corrected chi connectivity index (χ4v) is 4.22. The standard InChI is InChI=1S/C21H27N3O4S/c1-16(2)23-21(25)24-12-10-17-8-9-20(14-18(17)15-24)29(26,27)22-11-13-28-19-6-4-3-5-7-19/h3-9,14,16,22H,10-13,15H2,1-2H3,(H,23,25). The minimum Gasteiger partial charge on any atom is -0.492 e. The predicted octanol–water partition coefficient (Wildman–Crippen LogP) is 2.52. The molecule has 2 aromatic rings. The number of nitrogens with zero attached hydrogens (tertiary/aromatic N) is 1. The molecular formula is C21H27N3O4S. The zero-order chi connectivity index (χ0) is 20.9. The Hall–Kier alpha value is -2.58. The van der Waals surface area contributed by atoms with Gasteiger partial charge in [0.05, 0.1) is 4.90 Å². The zero-order valence-corrected chi connectivity index (χ0v) is 17.5. The molecule has 0 saturated heterocycles. The summed E-state index contributed by atoms with van der Waals surface area (Å²) in [6, 6.07) is 14.3. The quantitative estimate of drug-likeness (QED) is 0.678. The van der Waals surface area contributed by atoms with E-state index in [1.807, 2.05) is 50.2 Å². The second-order valence-corrected chi connectivity index (χ2v) is 9.03. The minimum absolute atomic E-state index is 0.0536. The van der Waals surface area contributed by atoms with Crippen molar-refractivity contribution in [3.05, 3.63) is 59.7 Å². The molecule has 3 rings (SSSR count). The summed E-state index contributed by atoms with van der Waals surface area (Å²) < 4.78 is 33.3. The van der Waals surface area contributed by atoms with Gasteiger partial charge in [-0.15, -0.1) is 0 Å². The lowest BCUT2D eigenvalue weighted by atomic mass is 10.0. The monoisotopic (exact) mass is 417 g/mol. The first-order valence-corrected chi connectivity index (χ1v) is 11.2. The summed E-state index contributed by atoms with van der Waals surface area (Å²) in [7, 11) is -3.65. The first kappa shape index (κ1) is 21.1. The molecule has 29 heavy (non-hydrogen) atoms. The SMILES string of the molecule is CC(C)NC(=O)N1CCc2ccc(S(=O)(=O)NCCOc3ccccc3)cc2C1. The van der Waals surface area contributed by atoms with E-state index in [1.54, 1.807) is 17.0 Å². The van der Waals surface area contributed by atoms with Crippen molar-refractivity contribution in [1.29, 1.82) is 0 Å². The number of benzene rings is 2. The van der Waals surface area contributed by atoms with Gasteiger partial charge >= 0.3 is 6.03 Å². The molecule has 0 unspecified atom stereocenters. The number of hydrogen-bond acceptors (Lipinski definition) is 4. The van der Waals surface area contributed by atoms with Crippen LogP contribution in [0.25, 0.3) is 0 Å². The van der Waals surface area contributed by atoms with Gasteiger partial charge < -0.3 is 15.0 Å². The molecule has 1 aliphatic heterocycles. The smallest absolute Gasteiger partial charge is 0.317 e. The van der Waals surface area contributed by atoms with Gasteiger partial charge in [-0.1, -0.05) is 24.3 Å². The molecular weight excluding hydrogens is 390 g/mol. The van der Waals surface area contributed by atoms with Crippen LogP contribution in [0.15, 0.2) is 53.4 Å². The number of ether oxygens (including phenoxy) is 1. The van der Waals surface area contributed by atoms with Crippen molar-refractivity contribution in [2.24, 2.45) is 0 Å². The third-order valence-corrected chi connectivity index (χ3v) is 6.06. The molecule has 2 amide bonds. The van der Waals surface area contributed by atoms with E-state index in [9.17, 15) is 13.2 Å². The summed E-state index contributed by atoms with van der Waals surface area (Å²) in [5.74, 6) is 0.695. The van der Waals surface area contributed by atoms with Crippen molar-refractivity contribution in [2.45, 2.75) is 37.8 Å². The maximum atomic E-state index is 12.6. The van der Waals surface area contributed by atoms with Gasteiger partial charge in [-0.25, -0.2) is 17.9 Å². The zero-order valence-electron chi connectivity index (χ0n) is 16.7. The van der Waals surface area contributed by atoms with Gasteiger partial charge in [0.15, 0.2) is 0 Å². The highest BCUT2D eigenvalue weighted by Gasteiger charge is 2.23. The summed E-state index contributed by atoms with van der Waals surface area (Å²) in [6.07, 6.45) is 0.708. The van der Waals surface area contributed by atoms with E-state index >= 15 is 0 Å². The molecule has 2 N–H and O–H groups in total. The Morgan fingerprint density at radius 1 is 1.14 bits per heavy atom. The third-order valence-electron chi connectivity index (χ3n) is 4.61. The summed E-state index contributed by atoms with van der Waals surface area (Å²) in [6.45, 7) is 5.23. The molecule has 7 nitrogen and oxygen atoms in total. The lowest BCUT2D eigenvalue weighted by molar-refractivity contribution is 0.190. The summed E-state index contributed by atoms with van der Waals surface area (Å²) in [5.41, 5.74) is 1.93. The van der Waals surface area contributed by atoms with Crippen LogP contribution in [0, 0.1) is 0 Å². The largest absolute Gasteiger partial charge is 0.492 e. The molecule has 8 heteroatoms. The number of para-hydroxylation sites is 1. The van der Waals surface area contributed by atoms with Gasteiger partial charge in [0.2, 0.25) is 10.0 Å². The van der Waals surface area contributed by atoms with E-state index in [4.69, 9.17) is 4.74 Å². The second kappa shape index (κ2) is 9.28. The van der Waals surface area contributed by atoms with E-state index in [-0.39, 0.29) is 30.1 Å². The van der Waals surface area contributed by atoms with Crippen molar-refractivity contribution < 1.29 is 17.9 Å². The predicted molar refractivity (Wildman–Crippen MR) is 111 cm³/mol. The molecule has 0 atom stereocenters. The lowest BCUT2D eigenvalue weighted by Crippen LogP contribution is -2.45. The third kappa shape index (κ3) is 5.71.